The molecule has 2 N–H and O–H groups in total. The Bertz CT molecular complexity index is 266. The van der Waals surface area contributed by atoms with E-state index < -0.39 is 11.7 Å². The van der Waals surface area contributed by atoms with Crippen LogP contribution in [0.5, 0.6) is 0 Å². The van der Waals surface area contributed by atoms with E-state index in [1.54, 1.807) is 6.08 Å². The molecular formula is C10H14O2S. The monoisotopic (exact) mass is 198 g/mol. The Morgan fingerprint density at radius 3 is 2.77 bits per heavy atom. The number of aliphatic hydroxyl groups excluding tert-OH is 1. The van der Waals surface area contributed by atoms with Crippen molar-refractivity contribution >= 4 is 11.3 Å². The van der Waals surface area contributed by atoms with Crippen molar-refractivity contribution in [2.45, 2.75) is 25.0 Å². The average molecular weight is 198 g/mol. The molecule has 1 aromatic rings. The minimum absolute atomic E-state index is 0.561. The van der Waals surface area contributed by atoms with Crippen LogP contribution in [0, 0.1) is 0 Å². The Morgan fingerprint density at radius 2 is 2.38 bits per heavy atom. The summed E-state index contributed by atoms with van der Waals surface area (Å²) in [5, 5.41) is 20.5. The summed E-state index contributed by atoms with van der Waals surface area (Å²) in [6, 6.07) is 3.82. The fourth-order valence-corrected chi connectivity index (χ4v) is 2.16. The molecule has 0 radical (unpaired) electrons. The average Bonchev–Trinajstić information content (AvgIpc) is 2.56. The van der Waals surface area contributed by atoms with Crippen LogP contribution in [0.25, 0.3) is 0 Å². The molecule has 0 spiro atoms. The van der Waals surface area contributed by atoms with Crippen LogP contribution in [0.2, 0.25) is 0 Å². The summed E-state index contributed by atoms with van der Waals surface area (Å²) in [6.07, 6.45) is 0.925. The van der Waals surface area contributed by atoms with Crippen LogP contribution in [0.15, 0.2) is 30.2 Å². The quantitative estimate of drug-likeness (QED) is 0.573. The lowest BCUT2D eigenvalue weighted by Crippen LogP contribution is -2.35. The second-order valence-electron chi connectivity index (χ2n) is 3.26. The Morgan fingerprint density at radius 1 is 1.69 bits per heavy atom. The van der Waals surface area contributed by atoms with Gasteiger partial charge in [0.05, 0.1) is 5.41 Å². The summed E-state index contributed by atoms with van der Waals surface area (Å²) in [7, 11) is 0. The van der Waals surface area contributed by atoms with E-state index in [2.05, 4.69) is 6.58 Å². The molecule has 0 saturated carbocycles. The van der Waals surface area contributed by atoms with Crippen LogP contribution in [0.3, 0.4) is 0 Å². The molecule has 1 aromatic heterocycles. The second-order valence-corrected chi connectivity index (χ2v) is 4.21. The maximum atomic E-state index is 9.29. The lowest BCUT2D eigenvalue weighted by molar-refractivity contribution is -0.0929. The van der Waals surface area contributed by atoms with Crippen molar-refractivity contribution in [2.24, 2.45) is 0 Å². The van der Waals surface area contributed by atoms with E-state index in [-0.39, 0.29) is 0 Å². The maximum Gasteiger partial charge on any atom is 0.162 e. The van der Waals surface area contributed by atoms with Gasteiger partial charge < -0.3 is 10.2 Å². The van der Waals surface area contributed by atoms with E-state index in [4.69, 9.17) is 0 Å². The fraction of sp³-hybridized carbons (Fsp3) is 0.400. The van der Waals surface area contributed by atoms with Gasteiger partial charge in [0, 0.05) is 4.88 Å². The first kappa shape index (κ1) is 10.4. The van der Waals surface area contributed by atoms with Gasteiger partial charge in [-0.2, -0.15) is 0 Å². The van der Waals surface area contributed by atoms with Crippen molar-refractivity contribution in [1.29, 1.82) is 0 Å². The standard InChI is InChI=1S/C10H14O2S/c1-3-6-10(2,9(11)12)8-5-4-7-13-8/h3-5,7,9,11-12H,1,6H2,2H3. The van der Waals surface area contributed by atoms with Gasteiger partial charge in [-0.3, -0.25) is 0 Å². The molecule has 13 heavy (non-hydrogen) atoms. The summed E-state index contributed by atoms with van der Waals surface area (Å²) in [5.41, 5.74) is -0.615. The molecule has 0 aliphatic rings. The molecule has 0 fully saturated rings. The summed E-state index contributed by atoms with van der Waals surface area (Å²) >= 11 is 1.53. The number of hydrogen-bond acceptors (Lipinski definition) is 3. The van der Waals surface area contributed by atoms with E-state index >= 15 is 0 Å². The number of aliphatic hydroxyl groups is 2. The van der Waals surface area contributed by atoms with E-state index in [1.165, 1.54) is 11.3 Å². The van der Waals surface area contributed by atoms with Gasteiger partial charge in [0.2, 0.25) is 0 Å². The second kappa shape index (κ2) is 4.05. The van der Waals surface area contributed by atoms with E-state index in [0.29, 0.717) is 6.42 Å². The molecule has 0 aliphatic carbocycles. The topological polar surface area (TPSA) is 40.5 Å². The highest BCUT2D eigenvalue weighted by molar-refractivity contribution is 7.10. The molecule has 0 bridgehead atoms. The van der Waals surface area contributed by atoms with Gasteiger partial charge >= 0.3 is 0 Å². The fourth-order valence-electron chi connectivity index (χ4n) is 1.24. The molecule has 0 amide bonds. The number of thiophene rings is 1. The lowest BCUT2D eigenvalue weighted by atomic mass is 9.84. The molecule has 0 saturated heterocycles. The van der Waals surface area contributed by atoms with Gasteiger partial charge in [-0.25, -0.2) is 0 Å². The van der Waals surface area contributed by atoms with E-state index in [9.17, 15) is 10.2 Å². The largest absolute Gasteiger partial charge is 0.367 e. The van der Waals surface area contributed by atoms with Gasteiger partial charge in [0.1, 0.15) is 0 Å². The Kier molecular flexibility index (Phi) is 3.25. The van der Waals surface area contributed by atoms with Crippen molar-refractivity contribution in [1.82, 2.24) is 0 Å². The number of hydrogen-bond donors (Lipinski definition) is 2. The molecular weight excluding hydrogens is 184 g/mol. The lowest BCUT2D eigenvalue weighted by Gasteiger charge is -2.29. The molecule has 72 valence electrons. The van der Waals surface area contributed by atoms with Crippen LogP contribution < -0.4 is 0 Å². The zero-order chi connectivity index (χ0) is 9.90. The predicted octanol–water partition coefficient (Wildman–Crippen LogP) is 1.89. The summed E-state index contributed by atoms with van der Waals surface area (Å²) < 4.78 is 0. The third-order valence-corrected chi connectivity index (χ3v) is 3.37. The summed E-state index contributed by atoms with van der Waals surface area (Å²) in [4.78, 5) is 0.974. The molecule has 1 rings (SSSR count). The summed E-state index contributed by atoms with van der Waals surface area (Å²) in [5.74, 6) is 0. The zero-order valence-electron chi connectivity index (χ0n) is 7.60. The molecule has 3 heteroatoms. The molecule has 0 aromatic carbocycles. The summed E-state index contributed by atoms with van der Waals surface area (Å²) in [6.45, 7) is 5.44. The van der Waals surface area contributed by atoms with Crippen LogP contribution in [0.1, 0.15) is 18.2 Å². The molecule has 2 nitrogen and oxygen atoms in total. The highest BCUT2D eigenvalue weighted by Gasteiger charge is 2.33. The SMILES string of the molecule is C=CCC(C)(c1cccs1)C(O)O. The van der Waals surface area contributed by atoms with Gasteiger partial charge in [-0.05, 0) is 24.8 Å². The van der Waals surface area contributed by atoms with Gasteiger partial charge in [-0.1, -0.05) is 12.1 Å². The Labute approximate surface area is 82.2 Å². The van der Waals surface area contributed by atoms with Crippen molar-refractivity contribution in [3.63, 3.8) is 0 Å². The highest BCUT2D eigenvalue weighted by Crippen LogP contribution is 2.33. The third kappa shape index (κ3) is 1.99. The Balaban J connectivity index is 2.97. The van der Waals surface area contributed by atoms with Crippen molar-refractivity contribution < 1.29 is 10.2 Å². The van der Waals surface area contributed by atoms with Crippen molar-refractivity contribution in [3.8, 4) is 0 Å². The van der Waals surface area contributed by atoms with Gasteiger partial charge in [0.25, 0.3) is 0 Å². The molecule has 1 unspecified atom stereocenters. The van der Waals surface area contributed by atoms with Crippen LogP contribution in [-0.2, 0) is 5.41 Å². The minimum atomic E-state index is -1.34. The predicted molar refractivity (Wildman–Crippen MR) is 54.7 cm³/mol. The first-order chi connectivity index (χ1) is 6.11. The molecule has 1 heterocycles. The van der Waals surface area contributed by atoms with Crippen LogP contribution in [-0.4, -0.2) is 16.5 Å². The van der Waals surface area contributed by atoms with E-state index in [1.807, 2.05) is 24.4 Å². The Hall–Kier alpha value is -0.640. The van der Waals surface area contributed by atoms with Gasteiger partial charge in [-0.15, -0.1) is 17.9 Å². The normalized spacial score (nSPS) is 15.7. The zero-order valence-corrected chi connectivity index (χ0v) is 8.42. The van der Waals surface area contributed by atoms with Gasteiger partial charge in [0.15, 0.2) is 6.29 Å². The van der Waals surface area contributed by atoms with Crippen LogP contribution >= 0.6 is 11.3 Å². The maximum absolute atomic E-state index is 9.29. The smallest absolute Gasteiger partial charge is 0.162 e. The molecule has 1 atom stereocenters. The highest BCUT2D eigenvalue weighted by atomic mass is 32.1. The molecule has 0 aliphatic heterocycles. The third-order valence-electron chi connectivity index (χ3n) is 2.22. The minimum Gasteiger partial charge on any atom is -0.367 e. The first-order valence-electron chi connectivity index (χ1n) is 4.12. The first-order valence-corrected chi connectivity index (χ1v) is 5.00. The number of allylic oxidation sites excluding steroid dienone is 1. The van der Waals surface area contributed by atoms with Crippen molar-refractivity contribution in [2.75, 3.05) is 0 Å². The van der Waals surface area contributed by atoms with Crippen LogP contribution in [0.4, 0.5) is 0 Å². The van der Waals surface area contributed by atoms with E-state index in [0.717, 1.165) is 4.88 Å². The number of rotatable bonds is 4. The van der Waals surface area contributed by atoms with Crippen molar-refractivity contribution in [3.05, 3.63) is 35.0 Å².